The fraction of sp³-hybridized carbons (Fsp3) is 0.750. The van der Waals surface area contributed by atoms with E-state index in [0.717, 1.165) is 19.5 Å². The molecule has 1 atom stereocenters. The van der Waals surface area contributed by atoms with Gasteiger partial charge < -0.3 is 20.7 Å². The van der Waals surface area contributed by atoms with Gasteiger partial charge in [0.15, 0.2) is 0 Å². The first-order valence-corrected chi connectivity index (χ1v) is 6.82. The molecule has 2 heterocycles. The maximum atomic E-state index is 11.0. The molecule has 106 valence electrons. The second-order valence-electron chi connectivity index (χ2n) is 4.84. The lowest BCUT2D eigenvalue weighted by Crippen LogP contribution is -2.24. The molecule has 0 radical (unpaired) electrons. The second kappa shape index (κ2) is 6.01. The number of imidazole rings is 1. The standard InChI is InChI=1S/C12H21N5O2/c1-3-16-9(2)15-12(17(18)19)11(16)14-8-6-10-5-4-7-13-10/h10,13-14H,3-8H2,1-2H3/t10-/m1/s1. The highest BCUT2D eigenvalue weighted by Crippen LogP contribution is 2.25. The number of anilines is 1. The Bertz CT molecular complexity index is 451. The van der Waals surface area contributed by atoms with Crippen LogP contribution in [0.3, 0.4) is 0 Å². The number of rotatable bonds is 6. The van der Waals surface area contributed by atoms with Crippen LogP contribution in [0.1, 0.15) is 32.0 Å². The molecule has 0 bridgehead atoms. The minimum absolute atomic E-state index is 0.0706. The maximum absolute atomic E-state index is 11.0. The molecule has 7 heteroatoms. The zero-order valence-corrected chi connectivity index (χ0v) is 11.5. The quantitative estimate of drug-likeness (QED) is 0.605. The summed E-state index contributed by atoms with van der Waals surface area (Å²) in [7, 11) is 0. The van der Waals surface area contributed by atoms with Gasteiger partial charge in [-0.25, -0.2) is 0 Å². The minimum Gasteiger partial charge on any atom is -0.364 e. The average Bonchev–Trinajstić information content (AvgIpc) is 2.97. The highest BCUT2D eigenvalue weighted by molar-refractivity contribution is 5.53. The number of nitro groups is 1. The number of aromatic nitrogens is 2. The van der Waals surface area contributed by atoms with E-state index >= 15 is 0 Å². The lowest BCUT2D eigenvalue weighted by atomic mass is 10.1. The summed E-state index contributed by atoms with van der Waals surface area (Å²) in [5.74, 6) is 1.14. The van der Waals surface area contributed by atoms with Gasteiger partial charge in [-0.05, 0) is 42.6 Å². The fourth-order valence-electron chi connectivity index (χ4n) is 2.61. The van der Waals surface area contributed by atoms with Crippen LogP contribution in [0.15, 0.2) is 0 Å². The Kier molecular flexibility index (Phi) is 4.36. The second-order valence-corrected chi connectivity index (χ2v) is 4.84. The van der Waals surface area contributed by atoms with Crippen molar-refractivity contribution >= 4 is 11.6 Å². The molecule has 2 rings (SSSR count). The van der Waals surface area contributed by atoms with Crippen LogP contribution in [0.4, 0.5) is 11.6 Å². The summed E-state index contributed by atoms with van der Waals surface area (Å²) in [6.07, 6.45) is 3.39. The van der Waals surface area contributed by atoms with E-state index in [1.807, 2.05) is 11.5 Å². The van der Waals surface area contributed by atoms with Crippen LogP contribution < -0.4 is 10.6 Å². The van der Waals surface area contributed by atoms with Gasteiger partial charge in [-0.3, -0.25) is 4.57 Å². The molecule has 1 aliphatic rings. The number of hydrogen-bond acceptors (Lipinski definition) is 5. The first-order valence-electron chi connectivity index (χ1n) is 6.82. The Hall–Kier alpha value is -1.63. The molecule has 19 heavy (non-hydrogen) atoms. The van der Waals surface area contributed by atoms with E-state index in [1.54, 1.807) is 6.92 Å². The van der Waals surface area contributed by atoms with Gasteiger partial charge in [-0.1, -0.05) is 0 Å². The molecule has 1 fully saturated rings. The molecule has 1 aromatic heterocycles. The molecule has 1 aliphatic heterocycles. The molecule has 2 N–H and O–H groups in total. The summed E-state index contributed by atoms with van der Waals surface area (Å²) < 4.78 is 1.85. The Balaban J connectivity index is 2.02. The van der Waals surface area contributed by atoms with Crippen LogP contribution in [0, 0.1) is 17.0 Å². The van der Waals surface area contributed by atoms with Crippen molar-refractivity contribution in [3.8, 4) is 0 Å². The maximum Gasteiger partial charge on any atom is 0.406 e. The van der Waals surface area contributed by atoms with E-state index in [0.29, 0.717) is 24.2 Å². The molecule has 0 spiro atoms. The van der Waals surface area contributed by atoms with Gasteiger partial charge in [0.2, 0.25) is 11.6 Å². The van der Waals surface area contributed by atoms with Crippen molar-refractivity contribution in [2.24, 2.45) is 0 Å². The van der Waals surface area contributed by atoms with Crippen LogP contribution >= 0.6 is 0 Å². The van der Waals surface area contributed by atoms with E-state index in [2.05, 4.69) is 15.6 Å². The van der Waals surface area contributed by atoms with E-state index in [4.69, 9.17) is 0 Å². The largest absolute Gasteiger partial charge is 0.406 e. The molecule has 0 amide bonds. The molecule has 0 unspecified atom stereocenters. The predicted molar refractivity (Wildman–Crippen MR) is 73.4 cm³/mol. The van der Waals surface area contributed by atoms with Gasteiger partial charge in [-0.15, -0.1) is 0 Å². The van der Waals surface area contributed by atoms with Crippen LogP contribution in [-0.4, -0.2) is 33.6 Å². The van der Waals surface area contributed by atoms with Gasteiger partial charge in [0.1, 0.15) is 0 Å². The summed E-state index contributed by atoms with van der Waals surface area (Å²) in [5, 5.41) is 17.6. The molecular weight excluding hydrogens is 246 g/mol. The van der Waals surface area contributed by atoms with Gasteiger partial charge in [0.25, 0.3) is 0 Å². The zero-order chi connectivity index (χ0) is 13.8. The first kappa shape index (κ1) is 13.8. The first-order chi connectivity index (χ1) is 9.13. The molecule has 7 nitrogen and oxygen atoms in total. The van der Waals surface area contributed by atoms with E-state index in [1.165, 1.54) is 12.8 Å². The van der Waals surface area contributed by atoms with Gasteiger partial charge >= 0.3 is 5.82 Å². The monoisotopic (exact) mass is 267 g/mol. The van der Waals surface area contributed by atoms with Crippen molar-refractivity contribution in [3.63, 3.8) is 0 Å². The summed E-state index contributed by atoms with van der Waals surface area (Å²) in [4.78, 5) is 14.6. The van der Waals surface area contributed by atoms with Gasteiger partial charge in [0.05, 0.1) is 0 Å². The fourth-order valence-corrected chi connectivity index (χ4v) is 2.61. The summed E-state index contributed by atoms with van der Waals surface area (Å²) in [5.41, 5.74) is 0. The van der Waals surface area contributed by atoms with Crippen LogP contribution in [0.2, 0.25) is 0 Å². The van der Waals surface area contributed by atoms with Crippen LogP contribution in [-0.2, 0) is 6.54 Å². The molecule has 1 saturated heterocycles. The highest BCUT2D eigenvalue weighted by atomic mass is 16.6. The predicted octanol–water partition coefficient (Wildman–Crippen LogP) is 1.67. The van der Waals surface area contributed by atoms with Crippen LogP contribution in [0.5, 0.6) is 0 Å². The lowest BCUT2D eigenvalue weighted by molar-refractivity contribution is -0.388. The third-order valence-electron chi connectivity index (χ3n) is 3.58. The normalized spacial score (nSPS) is 18.7. The van der Waals surface area contributed by atoms with Crippen molar-refractivity contribution < 1.29 is 4.92 Å². The zero-order valence-electron chi connectivity index (χ0n) is 11.5. The van der Waals surface area contributed by atoms with Gasteiger partial charge in [0, 0.05) is 26.1 Å². The van der Waals surface area contributed by atoms with E-state index in [-0.39, 0.29) is 5.82 Å². The average molecular weight is 267 g/mol. The summed E-state index contributed by atoms with van der Waals surface area (Å²) in [6, 6.07) is 0.533. The minimum atomic E-state index is -0.421. The number of aryl methyl sites for hydroxylation is 1. The van der Waals surface area contributed by atoms with Crippen molar-refractivity contribution in [2.45, 2.75) is 45.7 Å². The number of nitrogens with zero attached hydrogens (tertiary/aromatic N) is 3. The Morgan fingerprint density at radius 1 is 1.63 bits per heavy atom. The summed E-state index contributed by atoms with van der Waals surface area (Å²) in [6.45, 7) is 6.24. The third-order valence-corrected chi connectivity index (χ3v) is 3.58. The van der Waals surface area contributed by atoms with Crippen molar-refractivity contribution in [3.05, 3.63) is 15.9 Å². The molecule has 0 aromatic carbocycles. The van der Waals surface area contributed by atoms with Gasteiger partial charge in [-0.2, -0.15) is 0 Å². The molecule has 0 aliphatic carbocycles. The number of hydrogen-bond donors (Lipinski definition) is 2. The van der Waals surface area contributed by atoms with E-state index in [9.17, 15) is 10.1 Å². The molecule has 1 aromatic rings. The summed E-state index contributed by atoms with van der Waals surface area (Å²) >= 11 is 0. The molecular formula is C12H21N5O2. The smallest absolute Gasteiger partial charge is 0.364 e. The van der Waals surface area contributed by atoms with E-state index < -0.39 is 4.92 Å². The Labute approximate surface area is 112 Å². The number of nitrogens with one attached hydrogen (secondary N) is 2. The SMILES string of the molecule is CCn1c(C)nc([N+](=O)[O-])c1NCC[C@H]1CCCN1. The Morgan fingerprint density at radius 3 is 3.00 bits per heavy atom. The third kappa shape index (κ3) is 3.04. The van der Waals surface area contributed by atoms with Crippen molar-refractivity contribution in [2.75, 3.05) is 18.4 Å². The van der Waals surface area contributed by atoms with Crippen molar-refractivity contribution in [1.82, 2.24) is 14.9 Å². The Morgan fingerprint density at radius 2 is 2.42 bits per heavy atom. The van der Waals surface area contributed by atoms with Crippen LogP contribution in [0.25, 0.3) is 0 Å². The lowest BCUT2D eigenvalue weighted by Gasteiger charge is -2.12. The highest BCUT2D eigenvalue weighted by Gasteiger charge is 2.24. The van der Waals surface area contributed by atoms with Crippen molar-refractivity contribution in [1.29, 1.82) is 0 Å². The molecule has 0 saturated carbocycles. The topological polar surface area (TPSA) is 85.0 Å².